The third-order valence-corrected chi connectivity index (χ3v) is 5.06. The molecule has 3 aromatic heterocycles. The Morgan fingerprint density at radius 3 is 2.55 bits per heavy atom. The van der Waals surface area contributed by atoms with E-state index in [1.807, 2.05) is 43.7 Å². The first-order valence-electron chi connectivity index (χ1n) is 10.6. The fraction of sp³-hybridized carbons (Fsp3) is 0.409. The Labute approximate surface area is 182 Å². The lowest BCUT2D eigenvalue weighted by Gasteiger charge is -2.28. The number of nitrogens with zero attached hydrogens (tertiary/aromatic N) is 6. The molecule has 0 aromatic carbocycles. The Bertz CT molecular complexity index is 1040. The van der Waals surface area contributed by atoms with Gasteiger partial charge in [0, 0.05) is 36.6 Å². The number of aromatic nitrogens is 5. The summed E-state index contributed by atoms with van der Waals surface area (Å²) >= 11 is 0. The Kier molecular flexibility index (Phi) is 6.22. The molecule has 1 aliphatic heterocycles. The van der Waals surface area contributed by atoms with Gasteiger partial charge in [0.15, 0.2) is 0 Å². The second kappa shape index (κ2) is 9.22. The van der Waals surface area contributed by atoms with Gasteiger partial charge in [-0.2, -0.15) is 5.10 Å². The van der Waals surface area contributed by atoms with E-state index in [9.17, 15) is 0 Å². The molecule has 0 saturated carbocycles. The van der Waals surface area contributed by atoms with Crippen molar-refractivity contribution in [2.45, 2.75) is 33.2 Å². The summed E-state index contributed by atoms with van der Waals surface area (Å²) in [4.78, 5) is 15.9. The van der Waals surface area contributed by atoms with E-state index < -0.39 is 0 Å². The van der Waals surface area contributed by atoms with E-state index in [0.29, 0.717) is 23.9 Å². The van der Waals surface area contributed by atoms with Crippen molar-refractivity contribution in [3.8, 4) is 17.3 Å². The smallest absolute Gasteiger partial charge is 0.250 e. The Morgan fingerprint density at radius 1 is 1.13 bits per heavy atom. The van der Waals surface area contributed by atoms with Gasteiger partial charge in [-0.05, 0) is 38.5 Å². The highest BCUT2D eigenvalue weighted by Gasteiger charge is 2.15. The first-order valence-corrected chi connectivity index (χ1v) is 10.6. The van der Waals surface area contributed by atoms with Crippen molar-refractivity contribution in [3.63, 3.8) is 0 Å². The van der Waals surface area contributed by atoms with Gasteiger partial charge in [0.05, 0.1) is 37.0 Å². The van der Waals surface area contributed by atoms with Crippen LogP contribution in [-0.2, 0) is 4.74 Å². The normalized spacial score (nSPS) is 14.1. The van der Waals surface area contributed by atoms with Gasteiger partial charge in [-0.1, -0.05) is 6.92 Å². The molecule has 0 unspecified atom stereocenters. The molecular weight excluding hydrogens is 392 g/mol. The molecule has 31 heavy (non-hydrogen) atoms. The van der Waals surface area contributed by atoms with Crippen molar-refractivity contribution in [1.82, 2.24) is 24.7 Å². The molecule has 0 spiro atoms. The van der Waals surface area contributed by atoms with Crippen LogP contribution in [0.3, 0.4) is 0 Å². The van der Waals surface area contributed by atoms with Crippen LogP contribution in [0.1, 0.15) is 32.8 Å². The van der Waals surface area contributed by atoms with E-state index in [0.717, 1.165) is 48.9 Å². The fourth-order valence-electron chi connectivity index (χ4n) is 3.41. The Balaban J connectivity index is 1.57. The molecule has 3 aromatic rings. The monoisotopic (exact) mass is 420 g/mol. The zero-order valence-electron chi connectivity index (χ0n) is 18.2. The topological polar surface area (TPSA) is 105 Å². The van der Waals surface area contributed by atoms with Crippen LogP contribution >= 0.6 is 0 Å². The van der Waals surface area contributed by atoms with Crippen molar-refractivity contribution in [2.24, 2.45) is 0 Å². The number of hydrogen-bond donors (Lipinski definition) is 2. The van der Waals surface area contributed by atoms with E-state index in [1.54, 1.807) is 4.68 Å². The lowest BCUT2D eigenvalue weighted by Crippen LogP contribution is -2.36. The minimum Gasteiger partial charge on any atom is -0.378 e. The molecule has 9 nitrogen and oxygen atoms in total. The second-order valence-corrected chi connectivity index (χ2v) is 7.71. The number of morpholine rings is 1. The van der Waals surface area contributed by atoms with Gasteiger partial charge < -0.3 is 20.4 Å². The van der Waals surface area contributed by atoms with Gasteiger partial charge in [-0.25, -0.2) is 19.6 Å². The molecule has 1 saturated heterocycles. The number of hydrogen-bond acceptors (Lipinski definition) is 8. The average Bonchev–Trinajstić information content (AvgIpc) is 3.29. The molecule has 162 valence electrons. The number of pyridine rings is 1. The lowest BCUT2D eigenvalue weighted by atomic mass is 10.1. The molecule has 0 atom stereocenters. The lowest BCUT2D eigenvalue weighted by molar-refractivity contribution is 0.122. The van der Waals surface area contributed by atoms with Gasteiger partial charge in [0.1, 0.15) is 11.5 Å². The molecular formula is C22H28N8O. The molecule has 0 aliphatic carbocycles. The molecule has 4 rings (SSSR count). The van der Waals surface area contributed by atoms with Crippen LogP contribution in [0.25, 0.3) is 17.3 Å². The van der Waals surface area contributed by atoms with E-state index in [-0.39, 0.29) is 6.04 Å². The van der Waals surface area contributed by atoms with Crippen molar-refractivity contribution >= 4 is 17.2 Å². The second-order valence-electron chi connectivity index (χ2n) is 7.71. The highest BCUT2D eigenvalue weighted by Crippen LogP contribution is 2.23. The van der Waals surface area contributed by atoms with Gasteiger partial charge in [-0.15, -0.1) is 0 Å². The molecule has 1 fully saturated rings. The minimum absolute atomic E-state index is 0.210. The van der Waals surface area contributed by atoms with Crippen molar-refractivity contribution in [2.75, 3.05) is 36.5 Å². The quantitative estimate of drug-likeness (QED) is 0.566. The van der Waals surface area contributed by atoms with Crippen LogP contribution < -0.4 is 10.2 Å². The number of anilines is 2. The maximum absolute atomic E-state index is 8.22. The zero-order chi connectivity index (χ0) is 21.8. The van der Waals surface area contributed by atoms with Crippen LogP contribution in [0.2, 0.25) is 0 Å². The summed E-state index contributed by atoms with van der Waals surface area (Å²) in [7, 11) is 0. The number of rotatable bonds is 7. The van der Waals surface area contributed by atoms with Crippen LogP contribution in [-0.4, -0.2) is 62.8 Å². The van der Waals surface area contributed by atoms with Crippen molar-refractivity contribution in [1.29, 1.82) is 5.41 Å². The Hall–Kier alpha value is -3.33. The molecule has 2 N–H and O–H groups in total. The fourth-order valence-corrected chi connectivity index (χ4v) is 3.41. The average molecular weight is 421 g/mol. The van der Waals surface area contributed by atoms with Crippen LogP contribution in [0.15, 0.2) is 36.8 Å². The third-order valence-electron chi connectivity index (χ3n) is 5.06. The first-order chi connectivity index (χ1) is 15.0. The summed E-state index contributed by atoms with van der Waals surface area (Å²) in [6, 6.07) is 5.94. The summed E-state index contributed by atoms with van der Waals surface area (Å²) < 4.78 is 7.05. The van der Waals surface area contributed by atoms with Crippen molar-refractivity contribution < 1.29 is 4.74 Å². The van der Waals surface area contributed by atoms with Crippen LogP contribution in [0.5, 0.6) is 0 Å². The molecule has 9 heteroatoms. The van der Waals surface area contributed by atoms with Crippen LogP contribution in [0, 0.1) is 5.41 Å². The van der Waals surface area contributed by atoms with E-state index >= 15 is 0 Å². The first kappa shape index (κ1) is 20.9. The summed E-state index contributed by atoms with van der Waals surface area (Å²) in [5, 5.41) is 16.2. The van der Waals surface area contributed by atoms with E-state index in [1.165, 1.54) is 0 Å². The standard InChI is InChI=1S/C22H28N8O/c1-4-18(23)17-5-6-19(27-21(17)26-15(2)3)20-7-8-30(28-20)22-24-13-16(14-25-22)29-9-11-31-12-10-29/h5-8,13-15,23H,4,9-12H2,1-3H3,(H,26,27). The molecule has 0 bridgehead atoms. The SMILES string of the molecule is CCC(=N)c1ccc(-c2ccn(-c3ncc(N4CCOCC4)cn3)n2)nc1NC(C)C. The maximum Gasteiger partial charge on any atom is 0.250 e. The summed E-state index contributed by atoms with van der Waals surface area (Å²) in [5.74, 6) is 1.22. The highest BCUT2D eigenvalue weighted by atomic mass is 16.5. The van der Waals surface area contributed by atoms with E-state index in [2.05, 4.69) is 39.1 Å². The number of ether oxygens (including phenoxy) is 1. The summed E-state index contributed by atoms with van der Waals surface area (Å²) in [5.41, 5.74) is 3.82. The number of nitrogens with one attached hydrogen (secondary N) is 2. The minimum atomic E-state index is 0.210. The maximum atomic E-state index is 8.22. The highest BCUT2D eigenvalue weighted by molar-refractivity contribution is 6.02. The predicted molar refractivity (Wildman–Crippen MR) is 121 cm³/mol. The van der Waals surface area contributed by atoms with Gasteiger partial charge >= 0.3 is 0 Å². The molecule has 1 aliphatic rings. The predicted octanol–water partition coefficient (Wildman–Crippen LogP) is 3.16. The zero-order valence-corrected chi connectivity index (χ0v) is 18.2. The van der Waals surface area contributed by atoms with Gasteiger partial charge in [-0.3, -0.25) is 0 Å². The molecule has 4 heterocycles. The largest absolute Gasteiger partial charge is 0.378 e. The van der Waals surface area contributed by atoms with E-state index in [4.69, 9.17) is 15.1 Å². The van der Waals surface area contributed by atoms with Gasteiger partial charge in [0.25, 0.3) is 5.95 Å². The molecule has 0 radical (unpaired) electrons. The third kappa shape index (κ3) is 4.72. The van der Waals surface area contributed by atoms with Gasteiger partial charge in [0.2, 0.25) is 0 Å². The molecule has 0 amide bonds. The summed E-state index contributed by atoms with van der Waals surface area (Å²) in [6.07, 6.45) is 6.13. The van der Waals surface area contributed by atoms with Crippen LogP contribution in [0.4, 0.5) is 11.5 Å². The summed E-state index contributed by atoms with van der Waals surface area (Å²) in [6.45, 7) is 9.22. The Morgan fingerprint density at radius 2 is 1.87 bits per heavy atom. The van der Waals surface area contributed by atoms with Crippen molar-refractivity contribution in [3.05, 3.63) is 42.4 Å².